The van der Waals surface area contributed by atoms with Crippen molar-refractivity contribution in [3.05, 3.63) is 5.82 Å². The lowest BCUT2D eigenvalue weighted by Gasteiger charge is -1.95. The first-order valence-electron chi connectivity index (χ1n) is 3.56. The second-order valence-electron chi connectivity index (χ2n) is 2.17. The van der Waals surface area contributed by atoms with E-state index in [-0.39, 0.29) is 0 Å². The maximum Gasteiger partial charge on any atom is 0.450 e. The number of aromatic nitrogens is 2. The third-order valence-electron chi connectivity index (χ3n) is 1.11. The van der Waals surface area contributed by atoms with Crippen LogP contribution < -0.4 is 5.32 Å². The van der Waals surface area contributed by atoms with E-state index in [0.29, 0.717) is 12.3 Å². The summed E-state index contributed by atoms with van der Waals surface area (Å²) in [6, 6.07) is 0. The third kappa shape index (κ3) is 4.09. The molecule has 1 N–H and O–H groups in total. The molecule has 1 amide bonds. The molecule has 0 spiro atoms. The number of hydrogen-bond donors (Lipinski definition) is 1. The van der Waals surface area contributed by atoms with Crippen LogP contribution >= 0.6 is 23.3 Å². The van der Waals surface area contributed by atoms with Gasteiger partial charge in [0.05, 0.1) is 0 Å². The number of nitrogens with zero attached hydrogens (tertiary/aromatic N) is 2. The summed E-state index contributed by atoms with van der Waals surface area (Å²) in [5, 5.41) is 12.1. The van der Waals surface area contributed by atoms with E-state index in [9.17, 15) is 9.90 Å². The monoisotopic (exact) mass is 218 g/mol. The first-order chi connectivity index (χ1) is 6.18. The second kappa shape index (κ2) is 5.03. The lowest BCUT2D eigenvalue weighted by Crippen LogP contribution is -2.22. The van der Waals surface area contributed by atoms with Gasteiger partial charge in [-0.2, -0.15) is 4.37 Å². The lowest BCUT2D eigenvalue weighted by atomic mass is 10.7. The normalized spacial score (nSPS) is 9.92. The smallest absolute Gasteiger partial charge is 0.318 e. The van der Waals surface area contributed by atoms with Crippen LogP contribution in [0.2, 0.25) is 0 Å². The Morgan fingerprint density at radius 1 is 1.69 bits per heavy atom. The van der Waals surface area contributed by atoms with Crippen LogP contribution in [0.3, 0.4) is 0 Å². The van der Waals surface area contributed by atoms with Gasteiger partial charge in [-0.25, -0.2) is 14.9 Å². The highest BCUT2D eigenvalue weighted by Crippen LogP contribution is 2.18. The molecule has 0 fully saturated rings. The zero-order valence-electron chi connectivity index (χ0n) is 6.94. The van der Waals surface area contributed by atoms with Gasteiger partial charge in [0.2, 0.25) is 0 Å². The van der Waals surface area contributed by atoms with Crippen LogP contribution in [0, 0.1) is 6.92 Å². The fourth-order valence-corrected chi connectivity index (χ4v) is 2.20. The standard InChI is InChI=1S/C6H8N3O2S2/c1-4-8-6(13-9-4)12-3-2-7-5(10)11/h7H,2-3H2,1H3. The summed E-state index contributed by atoms with van der Waals surface area (Å²) >= 11 is 2.79. The van der Waals surface area contributed by atoms with E-state index in [2.05, 4.69) is 14.7 Å². The van der Waals surface area contributed by atoms with E-state index in [4.69, 9.17) is 0 Å². The SMILES string of the molecule is Cc1nsc(SCCNC([O])=O)n1. The molecule has 0 bridgehead atoms. The van der Waals surface area contributed by atoms with Crippen LogP contribution in [-0.4, -0.2) is 27.7 Å². The number of carbonyl (C=O) groups excluding carboxylic acids is 1. The summed E-state index contributed by atoms with van der Waals surface area (Å²) in [4.78, 5) is 14.1. The highest BCUT2D eigenvalue weighted by atomic mass is 32.2. The maximum absolute atomic E-state index is 9.96. The van der Waals surface area contributed by atoms with Crippen molar-refractivity contribution in [2.45, 2.75) is 11.3 Å². The zero-order chi connectivity index (χ0) is 9.68. The van der Waals surface area contributed by atoms with Crippen molar-refractivity contribution in [3.8, 4) is 0 Å². The van der Waals surface area contributed by atoms with Gasteiger partial charge in [0.15, 0.2) is 4.34 Å². The molecule has 1 rings (SSSR count). The maximum atomic E-state index is 9.96. The molecule has 13 heavy (non-hydrogen) atoms. The Morgan fingerprint density at radius 2 is 2.46 bits per heavy atom. The summed E-state index contributed by atoms with van der Waals surface area (Å²) in [5.74, 6) is 1.39. The molecule has 0 saturated heterocycles. The Kier molecular flexibility index (Phi) is 3.97. The van der Waals surface area contributed by atoms with Crippen LogP contribution in [0.1, 0.15) is 5.82 Å². The Hall–Kier alpha value is -0.820. The van der Waals surface area contributed by atoms with Gasteiger partial charge in [-0.15, -0.1) is 0 Å². The molecule has 1 radical (unpaired) electrons. The zero-order valence-corrected chi connectivity index (χ0v) is 8.57. The molecule has 0 saturated carbocycles. The third-order valence-corrected chi connectivity index (χ3v) is 3.03. The molecule has 1 aromatic heterocycles. The van der Waals surface area contributed by atoms with E-state index < -0.39 is 6.09 Å². The molecule has 0 aliphatic carbocycles. The van der Waals surface area contributed by atoms with Crippen LogP contribution in [0.15, 0.2) is 4.34 Å². The average Bonchev–Trinajstić information content (AvgIpc) is 2.45. The molecule has 0 aromatic carbocycles. The summed E-state index contributed by atoms with van der Waals surface area (Å²) in [7, 11) is 0. The van der Waals surface area contributed by atoms with Gasteiger partial charge < -0.3 is 5.32 Å². The quantitative estimate of drug-likeness (QED) is 0.606. The van der Waals surface area contributed by atoms with E-state index in [1.807, 2.05) is 6.92 Å². The molecule has 0 aliphatic heterocycles. The Bertz CT molecular complexity index is 289. The lowest BCUT2D eigenvalue weighted by molar-refractivity contribution is 0.169. The largest absolute Gasteiger partial charge is 0.450 e. The minimum Gasteiger partial charge on any atom is -0.318 e. The second-order valence-corrected chi connectivity index (χ2v) is 4.26. The molecular formula is C6H8N3O2S2. The minimum absolute atomic E-state index is 0.367. The Morgan fingerprint density at radius 3 is 3.00 bits per heavy atom. The van der Waals surface area contributed by atoms with Crippen molar-refractivity contribution in [1.29, 1.82) is 0 Å². The van der Waals surface area contributed by atoms with Crippen molar-refractivity contribution in [1.82, 2.24) is 14.7 Å². The number of nitrogens with one attached hydrogen (secondary N) is 1. The van der Waals surface area contributed by atoms with Crippen molar-refractivity contribution in [2.24, 2.45) is 0 Å². The molecular weight excluding hydrogens is 210 g/mol. The van der Waals surface area contributed by atoms with E-state index >= 15 is 0 Å². The van der Waals surface area contributed by atoms with Crippen molar-refractivity contribution in [2.75, 3.05) is 12.3 Å². The number of aryl methyl sites for hydroxylation is 1. The van der Waals surface area contributed by atoms with Gasteiger partial charge in [-0.3, -0.25) is 0 Å². The van der Waals surface area contributed by atoms with E-state index in [1.165, 1.54) is 23.3 Å². The fraction of sp³-hybridized carbons (Fsp3) is 0.500. The predicted octanol–water partition coefficient (Wildman–Crippen LogP) is 1.08. The summed E-state index contributed by atoms with van der Waals surface area (Å²) < 4.78 is 4.85. The number of amides is 1. The number of hydrogen-bond acceptors (Lipinski definition) is 5. The van der Waals surface area contributed by atoms with Crippen LogP contribution in [-0.2, 0) is 5.11 Å². The number of rotatable bonds is 4. The molecule has 7 heteroatoms. The molecule has 0 atom stereocenters. The molecule has 71 valence electrons. The van der Waals surface area contributed by atoms with E-state index in [1.54, 1.807) is 0 Å². The van der Waals surface area contributed by atoms with Gasteiger partial charge in [0.25, 0.3) is 0 Å². The van der Waals surface area contributed by atoms with Gasteiger partial charge in [-0.1, -0.05) is 11.8 Å². The minimum atomic E-state index is -1.24. The van der Waals surface area contributed by atoms with Crippen molar-refractivity contribution in [3.63, 3.8) is 0 Å². The number of thioether (sulfide) groups is 1. The van der Waals surface area contributed by atoms with E-state index in [0.717, 1.165) is 10.2 Å². The predicted molar refractivity (Wildman–Crippen MR) is 49.5 cm³/mol. The van der Waals surface area contributed by atoms with Crippen LogP contribution in [0.5, 0.6) is 0 Å². The van der Waals surface area contributed by atoms with Gasteiger partial charge >= 0.3 is 6.09 Å². The van der Waals surface area contributed by atoms with Crippen molar-refractivity contribution < 1.29 is 9.90 Å². The number of carbonyl (C=O) groups is 1. The molecule has 5 nitrogen and oxygen atoms in total. The summed E-state index contributed by atoms with van der Waals surface area (Å²) in [6.07, 6.45) is -1.24. The van der Waals surface area contributed by atoms with Crippen LogP contribution in [0.4, 0.5) is 4.79 Å². The molecule has 0 unspecified atom stereocenters. The van der Waals surface area contributed by atoms with Gasteiger partial charge in [0.1, 0.15) is 5.82 Å². The molecule has 0 aliphatic rings. The van der Waals surface area contributed by atoms with Gasteiger partial charge in [0, 0.05) is 12.3 Å². The fourth-order valence-electron chi connectivity index (χ4n) is 0.628. The summed E-state index contributed by atoms with van der Waals surface area (Å²) in [5.41, 5.74) is 0. The summed E-state index contributed by atoms with van der Waals surface area (Å²) in [6.45, 7) is 2.19. The average molecular weight is 218 g/mol. The molecule has 1 aromatic rings. The highest BCUT2D eigenvalue weighted by molar-refractivity contribution is 8.00. The molecule has 1 heterocycles. The Labute approximate surface area is 83.7 Å². The van der Waals surface area contributed by atoms with Crippen LogP contribution in [0.25, 0.3) is 0 Å². The van der Waals surface area contributed by atoms with Crippen molar-refractivity contribution >= 4 is 29.4 Å². The first kappa shape index (κ1) is 10.3. The first-order valence-corrected chi connectivity index (χ1v) is 5.32. The Balaban J connectivity index is 2.16. The highest BCUT2D eigenvalue weighted by Gasteiger charge is 2.01. The topological polar surface area (TPSA) is 74.8 Å². The van der Waals surface area contributed by atoms with Gasteiger partial charge in [-0.05, 0) is 18.5 Å².